The van der Waals surface area contributed by atoms with Gasteiger partial charge in [-0.15, -0.1) is 0 Å². The van der Waals surface area contributed by atoms with Crippen molar-refractivity contribution >= 4 is 28.1 Å². The number of azo groups is 1. The average molecular weight is 333 g/mol. The highest BCUT2D eigenvalue weighted by Crippen LogP contribution is 2.38. The zero-order valence-corrected chi connectivity index (χ0v) is 14.4. The van der Waals surface area contributed by atoms with Gasteiger partial charge in [0.15, 0.2) is 5.75 Å². The van der Waals surface area contributed by atoms with Crippen molar-refractivity contribution in [3.8, 4) is 5.75 Å². The summed E-state index contributed by atoms with van der Waals surface area (Å²) in [5, 5.41) is 22.7. The highest BCUT2D eigenvalue weighted by atomic mass is 16.3. The predicted octanol–water partition coefficient (Wildman–Crippen LogP) is 5.13. The zero-order valence-electron chi connectivity index (χ0n) is 14.4. The van der Waals surface area contributed by atoms with Gasteiger partial charge in [0.1, 0.15) is 5.69 Å². The van der Waals surface area contributed by atoms with Crippen molar-refractivity contribution in [1.82, 2.24) is 0 Å². The number of carbonyl (C=O) groups excluding carboxylic acids is 1. The maximum absolute atomic E-state index is 12.7. The zero-order chi connectivity index (χ0) is 18.0. The monoisotopic (exact) mass is 333 g/mol. The van der Waals surface area contributed by atoms with E-state index in [1.54, 1.807) is 6.07 Å². The van der Waals surface area contributed by atoms with E-state index in [-0.39, 0.29) is 17.2 Å². The normalized spacial score (nSPS) is 11.2. The molecule has 0 heterocycles. The molecule has 0 fully saturated rings. The van der Waals surface area contributed by atoms with E-state index in [2.05, 4.69) is 15.5 Å². The Morgan fingerprint density at radius 3 is 2.56 bits per heavy atom. The molecule has 2 N–H and O–H groups in total. The first-order chi connectivity index (χ1) is 12.0. The molecule has 126 valence electrons. The number of benzene rings is 3. The molecule has 0 atom stereocenters. The van der Waals surface area contributed by atoms with Crippen molar-refractivity contribution < 1.29 is 9.90 Å². The lowest BCUT2D eigenvalue weighted by molar-refractivity contribution is 0.102. The van der Waals surface area contributed by atoms with Crippen LogP contribution in [0.25, 0.3) is 10.8 Å². The van der Waals surface area contributed by atoms with Crippen LogP contribution in [0, 0.1) is 13.8 Å². The van der Waals surface area contributed by atoms with Gasteiger partial charge >= 0.3 is 0 Å². The highest BCUT2D eigenvalue weighted by molar-refractivity contribution is 6.11. The first-order valence-corrected chi connectivity index (χ1v) is 7.94. The Kier molecular flexibility index (Phi) is 4.48. The van der Waals surface area contributed by atoms with Gasteiger partial charge in [0.05, 0.1) is 5.56 Å². The predicted molar refractivity (Wildman–Crippen MR) is 99.9 cm³/mol. The second-order valence-electron chi connectivity index (χ2n) is 5.91. The molecule has 3 aromatic carbocycles. The lowest BCUT2D eigenvalue weighted by Gasteiger charge is -2.12. The summed E-state index contributed by atoms with van der Waals surface area (Å²) in [6.45, 7) is 3.93. The number of nitrogens with one attached hydrogen (secondary N) is 1. The van der Waals surface area contributed by atoms with E-state index in [4.69, 9.17) is 0 Å². The van der Waals surface area contributed by atoms with Crippen molar-refractivity contribution in [1.29, 1.82) is 0 Å². The molecule has 0 unspecified atom stereocenters. The Balaban J connectivity index is 2.08. The molecule has 0 aliphatic rings. The van der Waals surface area contributed by atoms with Crippen LogP contribution in [0.15, 0.2) is 58.8 Å². The highest BCUT2D eigenvalue weighted by Gasteiger charge is 2.18. The summed E-state index contributed by atoms with van der Waals surface area (Å²) in [7, 11) is 1.52. The molecule has 3 rings (SSSR count). The summed E-state index contributed by atoms with van der Waals surface area (Å²) in [5.41, 5.74) is 3.26. The molecular weight excluding hydrogens is 314 g/mol. The molecule has 0 aliphatic carbocycles. The van der Waals surface area contributed by atoms with Gasteiger partial charge in [-0.05, 0) is 36.9 Å². The van der Waals surface area contributed by atoms with E-state index in [0.29, 0.717) is 11.4 Å². The van der Waals surface area contributed by atoms with Crippen LogP contribution in [0.3, 0.4) is 0 Å². The number of fused-ring (bicyclic) bond motifs is 1. The molecule has 0 saturated heterocycles. The molecule has 0 spiro atoms. The number of anilines is 1. The van der Waals surface area contributed by atoms with Crippen LogP contribution in [0.4, 0.5) is 11.4 Å². The number of carbonyl (C=O) groups is 1. The summed E-state index contributed by atoms with van der Waals surface area (Å²) in [6, 6.07) is 14.9. The topological polar surface area (TPSA) is 74.0 Å². The third kappa shape index (κ3) is 3.21. The fraction of sp³-hybridized carbons (Fsp3) is 0.150. The van der Waals surface area contributed by atoms with E-state index in [9.17, 15) is 9.90 Å². The molecule has 1 amide bonds. The third-order valence-electron chi connectivity index (χ3n) is 4.07. The molecule has 0 bridgehead atoms. The van der Waals surface area contributed by atoms with Crippen LogP contribution in [0.1, 0.15) is 21.5 Å². The van der Waals surface area contributed by atoms with Crippen molar-refractivity contribution in [2.45, 2.75) is 13.8 Å². The van der Waals surface area contributed by atoms with Gasteiger partial charge in [-0.2, -0.15) is 10.2 Å². The van der Waals surface area contributed by atoms with E-state index >= 15 is 0 Å². The molecule has 25 heavy (non-hydrogen) atoms. The summed E-state index contributed by atoms with van der Waals surface area (Å²) >= 11 is 0. The summed E-state index contributed by atoms with van der Waals surface area (Å²) in [4.78, 5) is 12.7. The smallest absolute Gasteiger partial charge is 0.259 e. The van der Waals surface area contributed by atoms with E-state index in [1.165, 1.54) is 7.05 Å². The number of nitrogens with zero attached hydrogens (tertiary/aromatic N) is 2. The molecule has 0 aromatic heterocycles. The summed E-state index contributed by atoms with van der Waals surface area (Å²) in [6.07, 6.45) is 0. The minimum Gasteiger partial charge on any atom is -0.505 e. The summed E-state index contributed by atoms with van der Waals surface area (Å²) in [5.74, 6) is -0.561. The van der Waals surface area contributed by atoms with Gasteiger partial charge in [-0.3, -0.25) is 4.79 Å². The summed E-state index contributed by atoms with van der Waals surface area (Å²) < 4.78 is 0. The Morgan fingerprint density at radius 2 is 1.84 bits per heavy atom. The van der Waals surface area contributed by atoms with Gasteiger partial charge in [-0.25, -0.2) is 0 Å². The van der Waals surface area contributed by atoms with Crippen LogP contribution in [-0.4, -0.2) is 18.1 Å². The standard InChI is InChI=1S/C20H19N3O2/c1-12-8-9-17(13(2)10-12)22-20(25)16-11-14-6-4-5-7-15(14)18(19(16)24)23-21-3/h4-11,24H,1-3H3,(H,22,25). The molecule has 0 aliphatic heterocycles. The molecule has 0 saturated carbocycles. The van der Waals surface area contributed by atoms with Gasteiger partial charge in [0.25, 0.3) is 5.91 Å². The second kappa shape index (κ2) is 6.73. The lowest BCUT2D eigenvalue weighted by Crippen LogP contribution is -2.13. The first-order valence-electron chi connectivity index (χ1n) is 7.94. The van der Waals surface area contributed by atoms with Crippen molar-refractivity contribution in [3.63, 3.8) is 0 Å². The minimum absolute atomic E-state index is 0.168. The van der Waals surface area contributed by atoms with Gasteiger partial charge in [0, 0.05) is 18.1 Å². The Morgan fingerprint density at radius 1 is 1.08 bits per heavy atom. The molecule has 0 radical (unpaired) electrons. The van der Waals surface area contributed by atoms with Gasteiger partial charge < -0.3 is 10.4 Å². The Hall–Kier alpha value is -3.21. The van der Waals surface area contributed by atoms with Crippen LogP contribution in [-0.2, 0) is 0 Å². The maximum Gasteiger partial charge on any atom is 0.259 e. The lowest BCUT2D eigenvalue weighted by atomic mass is 10.0. The first kappa shape index (κ1) is 16.6. The number of phenolic OH excluding ortho intramolecular Hbond substituents is 1. The van der Waals surface area contributed by atoms with Crippen LogP contribution in [0.5, 0.6) is 5.75 Å². The van der Waals surface area contributed by atoms with Gasteiger partial charge in [0.2, 0.25) is 0 Å². The van der Waals surface area contributed by atoms with Crippen molar-refractivity contribution in [3.05, 3.63) is 65.2 Å². The van der Waals surface area contributed by atoms with E-state index in [0.717, 1.165) is 21.9 Å². The molecular formula is C20H19N3O2. The van der Waals surface area contributed by atoms with Gasteiger partial charge in [-0.1, -0.05) is 42.0 Å². The maximum atomic E-state index is 12.7. The third-order valence-corrected chi connectivity index (χ3v) is 4.07. The number of phenols is 1. The average Bonchev–Trinajstić information content (AvgIpc) is 2.59. The van der Waals surface area contributed by atoms with E-state index < -0.39 is 0 Å². The molecule has 5 nitrogen and oxygen atoms in total. The largest absolute Gasteiger partial charge is 0.505 e. The number of hydrogen-bond acceptors (Lipinski definition) is 4. The number of rotatable bonds is 3. The SMILES string of the molecule is CN=Nc1c(O)c(C(=O)Nc2ccc(C)cc2C)cc2ccccc12. The van der Waals surface area contributed by atoms with Crippen LogP contribution >= 0.6 is 0 Å². The van der Waals surface area contributed by atoms with E-state index in [1.807, 2.05) is 56.3 Å². The Bertz CT molecular complexity index is 994. The van der Waals surface area contributed by atoms with Crippen molar-refractivity contribution in [2.75, 3.05) is 12.4 Å². The number of hydrogen-bond donors (Lipinski definition) is 2. The number of aryl methyl sites for hydroxylation is 2. The number of amides is 1. The second-order valence-corrected chi connectivity index (χ2v) is 5.91. The Labute approximate surface area is 146 Å². The molecule has 5 heteroatoms. The minimum atomic E-state index is -0.386. The number of aromatic hydroxyl groups is 1. The van der Waals surface area contributed by atoms with Crippen molar-refractivity contribution in [2.24, 2.45) is 10.2 Å². The quantitative estimate of drug-likeness (QED) is 0.652. The fourth-order valence-electron chi connectivity index (χ4n) is 2.84. The van der Waals surface area contributed by atoms with Crippen LogP contribution < -0.4 is 5.32 Å². The molecule has 3 aromatic rings. The van der Waals surface area contributed by atoms with Crippen LogP contribution in [0.2, 0.25) is 0 Å². The fourth-order valence-corrected chi connectivity index (χ4v) is 2.84.